The fourth-order valence-corrected chi connectivity index (χ4v) is 1.60. The molecule has 0 aliphatic carbocycles. The Morgan fingerprint density at radius 2 is 2.24 bits per heavy atom. The summed E-state index contributed by atoms with van der Waals surface area (Å²) < 4.78 is 0. The summed E-state index contributed by atoms with van der Waals surface area (Å²) >= 11 is 0. The summed E-state index contributed by atoms with van der Waals surface area (Å²) in [7, 11) is 0. The Morgan fingerprint density at radius 3 is 2.76 bits per heavy atom. The number of anilines is 1. The number of pyridine rings is 1. The van der Waals surface area contributed by atoms with E-state index in [0.717, 1.165) is 0 Å². The van der Waals surface area contributed by atoms with Crippen molar-refractivity contribution in [1.82, 2.24) is 4.98 Å². The zero-order chi connectivity index (χ0) is 12.8. The summed E-state index contributed by atoms with van der Waals surface area (Å²) in [6, 6.07) is 1.68. The highest BCUT2D eigenvalue weighted by atomic mass is 16.4. The van der Waals surface area contributed by atoms with Crippen molar-refractivity contribution in [3.05, 3.63) is 24.0 Å². The molecule has 3 N–H and O–H groups in total. The van der Waals surface area contributed by atoms with E-state index in [0.29, 0.717) is 18.0 Å². The van der Waals surface area contributed by atoms with Crippen LogP contribution in [-0.4, -0.2) is 33.8 Å². The Labute approximate surface area is 101 Å². The second-order valence-electron chi connectivity index (χ2n) is 4.23. The maximum Gasteiger partial charge on any atom is 0.339 e. The van der Waals surface area contributed by atoms with Crippen LogP contribution in [0.1, 0.15) is 30.6 Å². The molecule has 5 heteroatoms. The highest BCUT2D eigenvalue weighted by molar-refractivity contribution is 5.93. The van der Waals surface area contributed by atoms with Crippen LogP contribution in [0.15, 0.2) is 18.5 Å². The van der Waals surface area contributed by atoms with Gasteiger partial charge in [-0.15, -0.1) is 0 Å². The molecule has 1 rings (SSSR count). The molecule has 0 aliphatic heterocycles. The van der Waals surface area contributed by atoms with Crippen LogP contribution in [0.2, 0.25) is 0 Å². The van der Waals surface area contributed by atoms with Crippen LogP contribution >= 0.6 is 0 Å². The SMILES string of the molecule is CC(C)C(CCO)Nc1ccncc1C(=O)O. The van der Waals surface area contributed by atoms with Gasteiger partial charge in [0, 0.05) is 25.0 Å². The minimum atomic E-state index is -1.01. The topological polar surface area (TPSA) is 82.5 Å². The zero-order valence-corrected chi connectivity index (χ0v) is 10.1. The number of rotatable bonds is 6. The number of aliphatic hydroxyl groups is 1. The normalized spacial score (nSPS) is 12.5. The van der Waals surface area contributed by atoms with Crippen molar-refractivity contribution in [3.8, 4) is 0 Å². The number of carbonyl (C=O) groups is 1. The lowest BCUT2D eigenvalue weighted by Crippen LogP contribution is -2.27. The number of carboxylic acids is 1. The van der Waals surface area contributed by atoms with Gasteiger partial charge in [-0.25, -0.2) is 4.79 Å². The van der Waals surface area contributed by atoms with Crippen LogP contribution in [0.4, 0.5) is 5.69 Å². The number of hydrogen-bond donors (Lipinski definition) is 3. The summed E-state index contributed by atoms with van der Waals surface area (Å²) in [6.07, 6.45) is 3.45. The third-order valence-corrected chi connectivity index (χ3v) is 2.64. The van der Waals surface area contributed by atoms with Crippen molar-refractivity contribution >= 4 is 11.7 Å². The number of hydrogen-bond acceptors (Lipinski definition) is 4. The molecular formula is C12H18N2O3. The molecule has 0 aliphatic rings. The summed E-state index contributed by atoms with van der Waals surface area (Å²) in [5.74, 6) is -0.705. The highest BCUT2D eigenvalue weighted by Crippen LogP contribution is 2.18. The number of carboxylic acid groups (broad SMARTS) is 1. The van der Waals surface area contributed by atoms with Gasteiger partial charge in [0.1, 0.15) is 5.56 Å². The maximum atomic E-state index is 11.0. The molecule has 17 heavy (non-hydrogen) atoms. The molecular weight excluding hydrogens is 220 g/mol. The van der Waals surface area contributed by atoms with Crippen molar-refractivity contribution in [2.75, 3.05) is 11.9 Å². The lowest BCUT2D eigenvalue weighted by atomic mass is 10.0. The van der Waals surface area contributed by atoms with Gasteiger partial charge in [-0.05, 0) is 18.4 Å². The van der Waals surface area contributed by atoms with Crippen LogP contribution in [0.5, 0.6) is 0 Å². The summed E-state index contributed by atoms with van der Waals surface area (Å²) in [4.78, 5) is 14.8. The van der Waals surface area contributed by atoms with Crippen LogP contribution < -0.4 is 5.32 Å². The van der Waals surface area contributed by atoms with Crippen molar-refractivity contribution < 1.29 is 15.0 Å². The fourth-order valence-electron chi connectivity index (χ4n) is 1.60. The van der Waals surface area contributed by atoms with Gasteiger partial charge in [0.15, 0.2) is 0 Å². The predicted molar refractivity (Wildman–Crippen MR) is 65.1 cm³/mol. The van der Waals surface area contributed by atoms with Crippen molar-refractivity contribution in [2.24, 2.45) is 5.92 Å². The molecule has 0 radical (unpaired) electrons. The molecule has 1 unspecified atom stereocenters. The highest BCUT2D eigenvalue weighted by Gasteiger charge is 2.16. The van der Waals surface area contributed by atoms with Crippen molar-refractivity contribution in [3.63, 3.8) is 0 Å². The molecule has 0 saturated carbocycles. The van der Waals surface area contributed by atoms with E-state index < -0.39 is 5.97 Å². The first-order valence-corrected chi connectivity index (χ1v) is 5.61. The molecule has 0 fully saturated rings. The Kier molecular flexibility index (Phi) is 4.90. The molecule has 5 nitrogen and oxygen atoms in total. The quantitative estimate of drug-likeness (QED) is 0.701. The van der Waals surface area contributed by atoms with Gasteiger partial charge in [-0.1, -0.05) is 13.8 Å². The molecule has 0 aromatic carbocycles. The second kappa shape index (κ2) is 6.20. The van der Waals surface area contributed by atoms with E-state index in [2.05, 4.69) is 10.3 Å². The number of nitrogens with zero attached hydrogens (tertiary/aromatic N) is 1. The first-order valence-electron chi connectivity index (χ1n) is 5.61. The average Bonchev–Trinajstić information content (AvgIpc) is 2.28. The minimum Gasteiger partial charge on any atom is -0.478 e. The number of aromatic nitrogens is 1. The zero-order valence-electron chi connectivity index (χ0n) is 10.1. The van der Waals surface area contributed by atoms with Crippen LogP contribution in [0.3, 0.4) is 0 Å². The van der Waals surface area contributed by atoms with E-state index in [4.69, 9.17) is 10.2 Å². The summed E-state index contributed by atoms with van der Waals surface area (Å²) in [5, 5.41) is 21.1. The summed E-state index contributed by atoms with van der Waals surface area (Å²) in [6.45, 7) is 4.12. The van der Waals surface area contributed by atoms with Crippen LogP contribution in [0.25, 0.3) is 0 Å². The van der Waals surface area contributed by atoms with Crippen LogP contribution in [-0.2, 0) is 0 Å². The van der Waals surface area contributed by atoms with Crippen LogP contribution in [0, 0.1) is 5.92 Å². The third-order valence-electron chi connectivity index (χ3n) is 2.64. The van der Waals surface area contributed by atoms with E-state index >= 15 is 0 Å². The van der Waals surface area contributed by atoms with E-state index in [1.807, 2.05) is 13.8 Å². The molecule has 0 spiro atoms. The Balaban J connectivity index is 2.88. The molecule has 0 bridgehead atoms. The number of aromatic carboxylic acids is 1. The third kappa shape index (κ3) is 3.71. The average molecular weight is 238 g/mol. The van der Waals surface area contributed by atoms with E-state index in [-0.39, 0.29) is 18.2 Å². The number of aliphatic hydroxyl groups excluding tert-OH is 1. The first-order chi connectivity index (χ1) is 8.06. The van der Waals surface area contributed by atoms with Gasteiger partial charge in [0.2, 0.25) is 0 Å². The van der Waals surface area contributed by atoms with Gasteiger partial charge in [-0.3, -0.25) is 4.98 Å². The largest absolute Gasteiger partial charge is 0.478 e. The monoisotopic (exact) mass is 238 g/mol. The molecule has 1 aromatic rings. The van der Waals surface area contributed by atoms with E-state index in [1.165, 1.54) is 6.20 Å². The Hall–Kier alpha value is -1.62. The van der Waals surface area contributed by atoms with Crippen molar-refractivity contribution in [1.29, 1.82) is 0 Å². The molecule has 94 valence electrons. The van der Waals surface area contributed by atoms with Gasteiger partial charge >= 0.3 is 5.97 Å². The Morgan fingerprint density at radius 1 is 1.53 bits per heavy atom. The molecule has 1 atom stereocenters. The smallest absolute Gasteiger partial charge is 0.339 e. The lowest BCUT2D eigenvalue weighted by Gasteiger charge is -2.23. The molecule has 1 heterocycles. The summed E-state index contributed by atoms with van der Waals surface area (Å²) in [5.41, 5.74) is 0.690. The first kappa shape index (κ1) is 13.4. The standard InChI is InChI=1S/C12H18N2O3/c1-8(2)10(4-6-15)14-11-3-5-13-7-9(11)12(16)17/h3,5,7-8,10,15H,4,6H2,1-2H3,(H,13,14)(H,16,17). The predicted octanol–water partition coefficient (Wildman–Crippen LogP) is 1.60. The fraction of sp³-hybridized carbons (Fsp3) is 0.500. The Bertz CT molecular complexity index is 380. The van der Waals surface area contributed by atoms with Gasteiger partial charge in [-0.2, -0.15) is 0 Å². The van der Waals surface area contributed by atoms with Gasteiger partial charge < -0.3 is 15.5 Å². The minimum absolute atomic E-state index is 0.0421. The molecule has 1 aromatic heterocycles. The second-order valence-corrected chi connectivity index (χ2v) is 4.23. The number of nitrogens with one attached hydrogen (secondary N) is 1. The van der Waals surface area contributed by atoms with E-state index in [1.54, 1.807) is 12.3 Å². The van der Waals surface area contributed by atoms with Gasteiger partial charge in [0.05, 0.1) is 5.69 Å². The maximum absolute atomic E-state index is 11.0. The lowest BCUT2D eigenvalue weighted by molar-refractivity contribution is 0.0697. The van der Waals surface area contributed by atoms with E-state index in [9.17, 15) is 4.79 Å². The molecule has 0 amide bonds. The molecule has 0 saturated heterocycles. The van der Waals surface area contributed by atoms with Gasteiger partial charge in [0.25, 0.3) is 0 Å². The van der Waals surface area contributed by atoms with Crippen molar-refractivity contribution in [2.45, 2.75) is 26.3 Å².